The second-order valence-electron chi connectivity index (χ2n) is 4.30. The summed E-state index contributed by atoms with van der Waals surface area (Å²) < 4.78 is 1.49. The Kier molecular flexibility index (Phi) is 2.52. The molecular weight excluding hydrogens is 242 g/mol. The van der Waals surface area contributed by atoms with E-state index < -0.39 is 5.97 Å². The summed E-state index contributed by atoms with van der Waals surface area (Å²) >= 11 is 0. The Morgan fingerprint density at radius 3 is 2.84 bits per heavy atom. The molecule has 5 heteroatoms. The lowest BCUT2D eigenvalue weighted by molar-refractivity contribution is 0.0695. The van der Waals surface area contributed by atoms with E-state index in [2.05, 4.69) is 10.1 Å². The molecule has 2 aromatic heterocycles. The van der Waals surface area contributed by atoms with E-state index in [4.69, 9.17) is 5.11 Å². The van der Waals surface area contributed by atoms with Gasteiger partial charge in [-0.2, -0.15) is 5.10 Å². The average molecular weight is 253 g/mol. The summed E-state index contributed by atoms with van der Waals surface area (Å²) in [6.45, 7) is 2.01. The van der Waals surface area contributed by atoms with E-state index in [-0.39, 0.29) is 5.56 Å². The molecule has 0 bridgehead atoms. The minimum atomic E-state index is -1.01. The molecule has 0 aliphatic rings. The summed E-state index contributed by atoms with van der Waals surface area (Å²) in [5.41, 5.74) is 3.66. The van der Waals surface area contributed by atoms with Crippen molar-refractivity contribution in [2.45, 2.75) is 6.92 Å². The van der Waals surface area contributed by atoms with Crippen molar-refractivity contribution < 1.29 is 9.90 Å². The Morgan fingerprint density at radius 2 is 2.11 bits per heavy atom. The number of aromatic carboxylic acids is 1. The fourth-order valence-electron chi connectivity index (χ4n) is 1.98. The maximum Gasteiger partial charge on any atom is 0.338 e. The molecule has 1 N–H and O–H groups in total. The SMILES string of the molecule is Cc1ccccc1-c1cc2ncc(C(=O)O)cn2n1. The van der Waals surface area contributed by atoms with Gasteiger partial charge in [-0.15, -0.1) is 0 Å². The molecule has 0 unspecified atom stereocenters. The molecule has 3 rings (SSSR count). The van der Waals surface area contributed by atoms with Crippen LogP contribution in [0.3, 0.4) is 0 Å². The molecule has 94 valence electrons. The summed E-state index contributed by atoms with van der Waals surface area (Å²) in [5, 5.41) is 13.3. The number of carboxylic acids is 1. The van der Waals surface area contributed by atoms with Crippen molar-refractivity contribution in [3.05, 3.63) is 53.9 Å². The third-order valence-corrected chi connectivity index (χ3v) is 2.98. The van der Waals surface area contributed by atoms with Gasteiger partial charge in [0.05, 0.1) is 11.3 Å². The summed E-state index contributed by atoms with van der Waals surface area (Å²) in [7, 11) is 0. The van der Waals surface area contributed by atoms with Crippen molar-refractivity contribution in [1.29, 1.82) is 0 Å². The highest BCUT2D eigenvalue weighted by Gasteiger charge is 2.10. The smallest absolute Gasteiger partial charge is 0.338 e. The Morgan fingerprint density at radius 1 is 1.32 bits per heavy atom. The van der Waals surface area contributed by atoms with Gasteiger partial charge in [-0.1, -0.05) is 24.3 Å². The first-order chi connectivity index (χ1) is 9.15. The molecule has 0 saturated heterocycles. The molecule has 0 radical (unpaired) electrons. The molecule has 19 heavy (non-hydrogen) atoms. The Hall–Kier alpha value is -2.69. The number of nitrogens with zero attached hydrogens (tertiary/aromatic N) is 3. The maximum absolute atomic E-state index is 10.9. The molecule has 0 amide bonds. The van der Waals surface area contributed by atoms with Crippen molar-refractivity contribution >= 4 is 11.6 Å². The van der Waals surface area contributed by atoms with Crippen LogP contribution in [0.4, 0.5) is 0 Å². The second-order valence-corrected chi connectivity index (χ2v) is 4.30. The van der Waals surface area contributed by atoms with Crippen LogP contribution in [0.5, 0.6) is 0 Å². The Bertz CT molecular complexity index is 777. The number of rotatable bonds is 2. The standard InChI is InChI=1S/C14H11N3O2/c1-9-4-2-3-5-11(9)12-6-13-15-7-10(14(18)19)8-17(13)16-12/h2-8H,1H3,(H,18,19). The molecule has 0 atom stereocenters. The van der Waals surface area contributed by atoms with Gasteiger partial charge < -0.3 is 5.11 Å². The molecule has 3 aromatic rings. The van der Waals surface area contributed by atoms with E-state index in [1.807, 2.05) is 37.3 Å². The molecule has 0 saturated carbocycles. The van der Waals surface area contributed by atoms with Gasteiger partial charge in [0.1, 0.15) is 0 Å². The van der Waals surface area contributed by atoms with Gasteiger partial charge in [0, 0.05) is 24.0 Å². The summed E-state index contributed by atoms with van der Waals surface area (Å²) in [6.07, 6.45) is 2.80. The quantitative estimate of drug-likeness (QED) is 0.761. The van der Waals surface area contributed by atoms with Crippen LogP contribution >= 0.6 is 0 Å². The number of aromatic nitrogens is 3. The summed E-state index contributed by atoms with van der Waals surface area (Å²) in [4.78, 5) is 15.0. The molecule has 5 nitrogen and oxygen atoms in total. The van der Waals surface area contributed by atoms with E-state index >= 15 is 0 Å². The Balaban J connectivity index is 2.17. The average Bonchev–Trinajstić information content (AvgIpc) is 2.81. The van der Waals surface area contributed by atoms with Gasteiger partial charge in [-0.05, 0) is 12.5 Å². The van der Waals surface area contributed by atoms with Crippen LogP contribution in [0, 0.1) is 6.92 Å². The summed E-state index contributed by atoms with van der Waals surface area (Å²) in [5.74, 6) is -1.01. The minimum absolute atomic E-state index is 0.118. The molecule has 2 heterocycles. The first-order valence-electron chi connectivity index (χ1n) is 5.80. The number of benzene rings is 1. The van der Waals surface area contributed by atoms with Gasteiger partial charge in [0.2, 0.25) is 0 Å². The third kappa shape index (κ3) is 1.95. The lowest BCUT2D eigenvalue weighted by Crippen LogP contribution is -2.01. The highest BCUT2D eigenvalue weighted by atomic mass is 16.4. The highest BCUT2D eigenvalue weighted by molar-refractivity contribution is 5.87. The van der Waals surface area contributed by atoms with Gasteiger partial charge in [0.25, 0.3) is 0 Å². The number of hydrogen-bond acceptors (Lipinski definition) is 3. The maximum atomic E-state index is 10.9. The number of carbonyl (C=O) groups is 1. The van der Waals surface area contributed by atoms with Crippen molar-refractivity contribution in [3.8, 4) is 11.3 Å². The molecule has 1 aromatic carbocycles. The minimum Gasteiger partial charge on any atom is -0.478 e. The third-order valence-electron chi connectivity index (χ3n) is 2.98. The summed E-state index contributed by atoms with van der Waals surface area (Å²) in [6, 6.07) is 9.75. The van der Waals surface area contributed by atoms with E-state index in [9.17, 15) is 4.79 Å². The fourth-order valence-corrected chi connectivity index (χ4v) is 1.98. The van der Waals surface area contributed by atoms with Crippen molar-refractivity contribution in [2.24, 2.45) is 0 Å². The lowest BCUT2D eigenvalue weighted by atomic mass is 10.1. The molecule has 0 fully saturated rings. The first kappa shape index (κ1) is 11.4. The highest BCUT2D eigenvalue weighted by Crippen LogP contribution is 2.22. The van der Waals surface area contributed by atoms with Gasteiger partial charge in [0.15, 0.2) is 5.65 Å². The zero-order valence-corrected chi connectivity index (χ0v) is 10.2. The van der Waals surface area contributed by atoms with Gasteiger partial charge >= 0.3 is 5.97 Å². The number of fused-ring (bicyclic) bond motifs is 1. The normalized spacial score (nSPS) is 10.8. The van der Waals surface area contributed by atoms with Crippen LogP contribution < -0.4 is 0 Å². The molecule has 0 spiro atoms. The molecule has 0 aliphatic heterocycles. The van der Waals surface area contributed by atoms with E-state index in [1.165, 1.54) is 16.9 Å². The number of carboxylic acid groups (broad SMARTS) is 1. The zero-order chi connectivity index (χ0) is 13.4. The second kappa shape index (κ2) is 4.20. The molecular formula is C14H11N3O2. The van der Waals surface area contributed by atoms with E-state index in [0.29, 0.717) is 5.65 Å². The zero-order valence-electron chi connectivity index (χ0n) is 10.2. The van der Waals surface area contributed by atoms with Crippen LogP contribution in [0.25, 0.3) is 16.9 Å². The lowest BCUT2D eigenvalue weighted by Gasteiger charge is -1.99. The predicted octanol–water partition coefficient (Wildman–Crippen LogP) is 2.40. The first-order valence-corrected chi connectivity index (χ1v) is 5.80. The number of aryl methyl sites for hydroxylation is 1. The van der Waals surface area contributed by atoms with Crippen LogP contribution in [0.15, 0.2) is 42.7 Å². The largest absolute Gasteiger partial charge is 0.478 e. The van der Waals surface area contributed by atoms with Crippen LogP contribution in [-0.2, 0) is 0 Å². The predicted molar refractivity (Wildman–Crippen MR) is 70.1 cm³/mol. The van der Waals surface area contributed by atoms with Crippen LogP contribution in [-0.4, -0.2) is 25.7 Å². The number of hydrogen-bond donors (Lipinski definition) is 1. The van der Waals surface area contributed by atoms with Crippen LogP contribution in [0.1, 0.15) is 15.9 Å². The Labute approximate surface area is 109 Å². The van der Waals surface area contributed by atoms with Crippen LogP contribution in [0.2, 0.25) is 0 Å². The van der Waals surface area contributed by atoms with E-state index in [1.54, 1.807) is 0 Å². The van der Waals surface area contributed by atoms with Gasteiger partial charge in [-0.25, -0.2) is 14.3 Å². The van der Waals surface area contributed by atoms with E-state index in [0.717, 1.165) is 16.8 Å². The van der Waals surface area contributed by atoms with Gasteiger partial charge in [-0.3, -0.25) is 0 Å². The van der Waals surface area contributed by atoms with Crippen molar-refractivity contribution in [3.63, 3.8) is 0 Å². The van der Waals surface area contributed by atoms with Crippen molar-refractivity contribution in [1.82, 2.24) is 14.6 Å². The van der Waals surface area contributed by atoms with Crippen molar-refractivity contribution in [2.75, 3.05) is 0 Å². The monoisotopic (exact) mass is 253 g/mol. The fraction of sp³-hybridized carbons (Fsp3) is 0.0714. The topological polar surface area (TPSA) is 67.5 Å². The molecule has 0 aliphatic carbocycles.